The second-order valence-electron chi connectivity index (χ2n) is 7.52. The number of amides is 1. The average Bonchev–Trinajstić information content (AvgIpc) is 2.95. The van der Waals surface area contributed by atoms with E-state index in [9.17, 15) is 9.18 Å². The third-order valence-corrected chi connectivity index (χ3v) is 5.67. The van der Waals surface area contributed by atoms with Gasteiger partial charge in [0, 0.05) is 23.8 Å². The molecule has 0 spiro atoms. The molecule has 0 saturated heterocycles. The van der Waals surface area contributed by atoms with E-state index in [4.69, 9.17) is 5.73 Å². The lowest BCUT2D eigenvalue weighted by Gasteiger charge is -2.30. The second-order valence-corrected chi connectivity index (χ2v) is 7.52. The molecule has 0 bridgehead atoms. The summed E-state index contributed by atoms with van der Waals surface area (Å²) in [5, 5.41) is 7.69. The molecule has 1 aromatic carbocycles. The fourth-order valence-corrected chi connectivity index (χ4v) is 4.09. The van der Waals surface area contributed by atoms with E-state index in [1.807, 2.05) is 13.8 Å². The van der Waals surface area contributed by atoms with Crippen LogP contribution in [0.5, 0.6) is 0 Å². The highest BCUT2D eigenvalue weighted by Crippen LogP contribution is 2.26. The Balaban J connectivity index is 0.00000280. The molecular formula is C21H30ClFN4O. The first-order chi connectivity index (χ1) is 13.0. The highest BCUT2D eigenvalue weighted by atomic mass is 35.5. The second kappa shape index (κ2) is 10.0. The Bertz CT molecular complexity index is 784. The van der Waals surface area contributed by atoms with E-state index >= 15 is 0 Å². The third-order valence-electron chi connectivity index (χ3n) is 5.67. The van der Waals surface area contributed by atoms with Crippen LogP contribution in [0.25, 0.3) is 5.69 Å². The van der Waals surface area contributed by atoms with E-state index in [2.05, 4.69) is 10.4 Å². The van der Waals surface area contributed by atoms with Crippen LogP contribution in [-0.2, 0) is 11.2 Å². The number of hydrogen-bond donors (Lipinski definition) is 2. The van der Waals surface area contributed by atoms with Crippen molar-refractivity contribution in [2.24, 2.45) is 11.7 Å². The first-order valence-corrected chi connectivity index (χ1v) is 9.80. The summed E-state index contributed by atoms with van der Waals surface area (Å²) in [4.78, 5) is 12.7. The van der Waals surface area contributed by atoms with Crippen LogP contribution in [0.4, 0.5) is 4.39 Å². The standard InChI is InChI=1S/C21H29FN4O.ClH/c1-14-19(15(2)26(25-14)18-10-8-17(22)9-11-18)12-21(27)24-20(13-23)16-6-4-3-5-7-16;/h8-11,16,20H,3-7,12-13,23H2,1-2H3,(H,24,27);1H. The molecule has 5 nitrogen and oxygen atoms in total. The van der Waals surface area contributed by atoms with Crippen LogP contribution < -0.4 is 11.1 Å². The van der Waals surface area contributed by atoms with Gasteiger partial charge in [0.05, 0.1) is 17.8 Å². The Kier molecular flexibility index (Phi) is 8.01. The maximum atomic E-state index is 13.2. The summed E-state index contributed by atoms with van der Waals surface area (Å²) < 4.78 is 14.9. The lowest BCUT2D eigenvalue weighted by Crippen LogP contribution is -2.46. The molecule has 154 valence electrons. The van der Waals surface area contributed by atoms with Gasteiger partial charge < -0.3 is 11.1 Å². The number of halogens is 2. The van der Waals surface area contributed by atoms with Crippen LogP contribution in [0.15, 0.2) is 24.3 Å². The lowest BCUT2D eigenvalue weighted by molar-refractivity contribution is -0.121. The van der Waals surface area contributed by atoms with Gasteiger partial charge >= 0.3 is 0 Å². The molecule has 1 atom stereocenters. The van der Waals surface area contributed by atoms with Gasteiger partial charge in [0.1, 0.15) is 5.82 Å². The van der Waals surface area contributed by atoms with Gasteiger partial charge in [0.15, 0.2) is 0 Å². The minimum absolute atomic E-state index is 0. The minimum Gasteiger partial charge on any atom is -0.352 e. The third kappa shape index (κ3) is 5.11. The number of aryl methyl sites for hydroxylation is 1. The number of carbonyl (C=O) groups excluding carboxylic acids is 1. The Morgan fingerprint density at radius 1 is 1.25 bits per heavy atom. The number of carbonyl (C=O) groups is 1. The molecule has 1 heterocycles. The van der Waals surface area contributed by atoms with Crippen molar-refractivity contribution in [3.05, 3.63) is 47.0 Å². The maximum Gasteiger partial charge on any atom is 0.224 e. The van der Waals surface area contributed by atoms with Crippen LogP contribution in [0.3, 0.4) is 0 Å². The molecule has 0 aliphatic heterocycles. The zero-order valence-corrected chi connectivity index (χ0v) is 17.4. The Labute approximate surface area is 172 Å². The molecule has 1 aromatic heterocycles. The van der Waals surface area contributed by atoms with Gasteiger partial charge in [0.2, 0.25) is 5.91 Å². The molecule has 1 unspecified atom stereocenters. The van der Waals surface area contributed by atoms with Crippen molar-refractivity contribution in [3.8, 4) is 5.69 Å². The molecule has 1 saturated carbocycles. The molecule has 1 aliphatic rings. The van der Waals surface area contributed by atoms with E-state index < -0.39 is 0 Å². The molecule has 28 heavy (non-hydrogen) atoms. The van der Waals surface area contributed by atoms with Crippen molar-refractivity contribution in [2.75, 3.05) is 6.54 Å². The van der Waals surface area contributed by atoms with E-state index in [1.54, 1.807) is 16.8 Å². The van der Waals surface area contributed by atoms with E-state index in [0.717, 1.165) is 35.5 Å². The van der Waals surface area contributed by atoms with Gasteiger partial charge in [-0.15, -0.1) is 12.4 Å². The fourth-order valence-electron chi connectivity index (χ4n) is 4.09. The van der Waals surface area contributed by atoms with Crippen molar-refractivity contribution in [3.63, 3.8) is 0 Å². The van der Waals surface area contributed by atoms with Gasteiger partial charge in [-0.2, -0.15) is 5.10 Å². The molecule has 3 N–H and O–H groups in total. The molecule has 3 rings (SSSR count). The van der Waals surface area contributed by atoms with Crippen LogP contribution >= 0.6 is 12.4 Å². The van der Waals surface area contributed by atoms with Crippen LogP contribution in [0.2, 0.25) is 0 Å². The number of nitrogens with zero attached hydrogens (tertiary/aromatic N) is 2. The van der Waals surface area contributed by atoms with Crippen LogP contribution in [0, 0.1) is 25.6 Å². The Morgan fingerprint density at radius 3 is 2.50 bits per heavy atom. The van der Waals surface area contributed by atoms with Crippen LogP contribution in [0.1, 0.15) is 49.1 Å². The summed E-state index contributed by atoms with van der Waals surface area (Å²) in [6.07, 6.45) is 6.29. The molecule has 0 radical (unpaired) electrons. The fraction of sp³-hybridized carbons (Fsp3) is 0.524. The van der Waals surface area contributed by atoms with E-state index in [-0.39, 0.29) is 36.6 Å². The SMILES string of the molecule is Cc1nn(-c2ccc(F)cc2)c(C)c1CC(=O)NC(CN)C1CCCCC1.Cl. The molecule has 1 amide bonds. The van der Waals surface area contributed by atoms with E-state index in [0.29, 0.717) is 12.5 Å². The zero-order valence-electron chi connectivity index (χ0n) is 16.6. The number of nitrogens with two attached hydrogens (primary N) is 1. The van der Waals surface area contributed by atoms with Crippen molar-refractivity contribution < 1.29 is 9.18 Å². The number of nitrogens with one attached hydrogen (secondary N) is 1. The first-order valence-electron chi connectivity index (χ1n) is 9.80. The lowest BCUT2D eigenvalue weighted by atomic mass is 9.84. The van der Waals surface area contributed by atoms with Gasteiger partial charge in [-0.3, -0.25) is 4.79 Å². The monoisotopic (exact) mass is 408 g/mol. The first kappa shape index (κ1) is 22.4. The van der Waals surface area contributed by atoms with Gasteiger partial charge in [-0.25, -0.2) is 9.07 Å². The number of hydrogen-bond acceptors (Lipinski definition) is 3. The molecule has 1 aliphatic carbocycles. The highest BCUT2D eigenvalue weighted by Gasteiger charge is 2.25. The molecule has 7 heteroatoms. The summed E-state index contributed by atoms with van der Waals surface area (Å²) in [5.74, 6) is 0.188. The van der Waals surface area contributed by atoms with Crippen molar-refractivity contribution in [1.29, 1.82) is 0 Å². The Hall–Kier alpha value is -1.92. The summed E-state index contributed by atoms with van der Waals surface area (Å²) in [6, 6.07) is 6.24. The maximum absolute atomic E-state index is 13.2. The zero-order chi connectivity index (χ0) is 19.4. The number of rotatable bonds is 6. The average molecular weight is 409 g/mol. The molecular weight excluding hydrogens is 379 g/mol. The predicted octanol–water partition coefficient (Wildman–Crippen LogP) is 3.62. The van der Waals surface area contributed by atoms with Gasteiger partial charge in [-0.1, -0.05) is 19.3 Å². The largest absolute Gasteiger partial charge is 0.352 e. The summed E-state index contributed by atoms with van der Waals surface area (Å²) in [6.45, 7) is 4.31. The summed E-state index contributed by atoms with van der Waals surface area (Å²) in [7, 11) is 0. The normalized spacial score (nSPS) is 15.7. The van der Waals surface area contributed by atoms with Gasteiger partial charge in [0.25, 0.3) is 0 Å². The number of aromatic nitrogens is 2. The van der Waals surface area contributed by atoms with E-state index in [1.165, 1.54) is 31.4 Å². The molecule has 1 fully saturated rings. The topological polar surface area (TPSA) is 72.9 Å². The summed E-state index contributed by atoms with van der Waals surface area (Å²) >= 11 is 0. The minimum atomic E-state index is -0.282. The van der Waals surface area contributed by atoms with Crippen molar-refractivity contribution >= 4 is 18.3 Å². The number of benzene rings is 1. The summed E-state index contributed by atoms with van der Waals surface area (Å²) in [5.41, 5.74) is 9.34. The Morgan fingerprint density at radius 2 is 1.89 bits per heavy atom. The van der Waals surface area contributed by atoms with Crippen LogP contribution in [-0.4, -0.2) is 28.3 Å². The molecule has 2 aromatic rings. The van der Waals surface area contributed by atoms with Crippen molar-refractivity contribution in [1.82, 2.24) is 15.1 Å². The van der Waals surface area contributed by atoms with Crippen molar-refractivity contribution in [2.45, 2.75) is 58.4 Å². The smallest absolute Gasteiger partial charge is 0.224 e. The highest BCUT2D eigenvalue weighted by molar-refractivity contribution is 5.85. The van der Waals surface area contributed by atoms with Gasteiger partial charge in [-0.05, 0) is 56.9 Å². The quantitative estimate of drug-likeness (QED) is 0.766. The predicted molar refractivity (Wildman–Crippen MR) is 112 cm³/mol.